The van der Waals surface area contributed by atoms with Gasteiger partial charge < -0.3 is 9.88 Å². The number of benzene rings is 2. The van der Waals surface area contributed by atoms with Crippen LogP contribution < -0.4 is 5.32 Å². The Labute approximate surface area is 227 Å². The summed E-state index contributed by atoms with van der Waals surface area (Å²) < 4.78 is 65.3. The SMILES string of the molecule is CCS(=O)(=O)c1ccc(CC(=O)Nc2ccc3c(c2)nc(CN2CCC(C(F)(F)F)CC2)n3CC(C)C)cc1. The lowest BCUT2D eigenvalue weighted by Crippen LogP contribution is -2.39. The highest BCUT2D eigenvalue weighted by atomic mass is 32.2. The van der Waals surface area contributed by atoms with Gasteiger partial charge in [-0.2, -0.15) is 13.2 Å². The van der Waals surface area contributed by atoms with Crippen molar-refractivity contribution in [3.05, 3.63) is 53.9 Å². The van der Waals surface area contributed by atoms with Crippen molar-refractivity contribution in [2.45, 2.75) is 64.2 Å². The summed E-state index contributed by atoms with van der Waals surface area (Å²) in [4.78, 5) is 19.8. The lowest BCUT2D eigenvalue weighted by molar-refractivity contribution is -0.185. The van der Waals surface area contributed by atoms with Gasteiger partial charge in [-0.05, 0) is 67.7 Å². The Kier molecular flexibility index (Phi) is 8.70. The molecule has 39 heavy (non-hydrogen) atoms. The Morgan fingerprint density at radius 1 is 1.10 bits per heavy atom. The molecule has 11 heteroatoms. The number of aromatic nitrogens is 2. The smallest absolute Gasteiger partial charge is 0.327 e. The second-order valence-electron chi connectivity index (χ2n) is 10.6. The molecular formula is C28H35F3N4O3S. The first-order chi connectivity index (χ1) is 18.4. The lowest BCUT2D eigenvalue weighted by atomic mass is 9.96. The molecule has 0 bridgehead atoms. The summed E-state index contributed by atoms with van der Waals surface area (Å²) in [7, 11) is -3.30. The molecule has 1 aromatic heterocycles. The maximum Gasteiger partial charge on any atom is 0.391 e. The van der Waals surface area contributed by atoms with Crippen LogP contribution in [-0.2, 0) is 34.1 Å². The van der Waals surface area contributed by atoms with E-state index in [0.717, 1.165) is 17.9 Å². The van der Waals surface area contributed by atoms with Crippen LogP contribution in [-0.4, -0.2) is 53.8 Å². The molecule has 1 aliphatic rings. The van der Waals surface area contributed by atoms with Crippen molar-refractivity contribution in [1.29, 1.82) is 0 Å². The average Bonchev–Trinajstić information content (AvgIpc) is 3.19. The number of hydrogen-bond acceptors (Lipinski definition) is 5. The molecule has 2 heterocycles. The van der Waals surface area contributed by atoms with Gasteiger partial charge in [0.2, 0.25) is 5.91 Å². The van der Waals surface area contributed by atoms with E-state index in [1.54, 1.807) is 25.1 Å². The van der Waals surface area contributed by atoms with Crippen molar-refractivity contribution < 1.29 is 26.4 Å². The zero-order valence-corrected chi connectivity index (χ0v) is 23.3. The van der Waals surface area contributed by atoms with Crippen LogP contribution in [0.5, 0.6) is 0 Å². The largest absolute Gasteiger partial charge is 0.391 e. The Bertz CT molecular complexity index is 1410. The predicted octanol–water partition coefficient (Wildman–Crippen LogP) is 5.44. The van der Waals surface area contributed by atoms with Crippen LogP contribution in [0, 0.1) is 11.8 Å². The third-order valence-corrected chi connectivity index (χ3v) is 8.85. The van der Waals surface area contributed by atoms with Gasteiger partial charge in [-0.1, -0.05) is 32.9 Å². The van der Waals surface area contributed by atoms with Crippen LogP contribution in [0.25, 0.3) is 11.0 Å². The monoisotopic (exact) mass is 564 g/mol. The van der Waals surface area contributed by atoms with Crippen LogP contribution in [0.3, 0.4) is 0 Å². The van der Waals surface area contributed by atoms with Crippen molar-refractivity contribution in [2.75, 3.05) is 24.2 Å². The van der Waals surface area contributed by atoms with Crippen molar-refractivity contribution in [1.82, 2.24) is 14.5 Å². The van der Waals surface area contributed by atoms with Crippen LogP contribution in [0.2, 0.25) is 0 Å². The molecule has 7 nitrogen and oxygen atoms in total. The maximum absolute atomic E-state index is 13.1. The zero-order chi connectivity index (χ0) is 28.4. The van der Waals surface area contributed by atoms with E-state index in [1.165, 1.54) is 12.1 Å². The van der Waals surface area contributed by atoms with Gasteiger partial charge in [-0.3, -0.25) is 9.69 Å². The average molecular weight is 565 g/mol. The van der Waals surface area contributed by atoms with E-state index in [0.29, 0.717) is 42.3 Å². The number of anilines is 1. The van der Waals surface area contributed by atoms with Crippen molar-refractivity contribution >= 4 is 32.5 Å². The van der Waals surface area contributed by atoms with E-state index in [1.807, 2.05) is 17.0 Å². The van der Waals surface area contributed by atoms with Gasteiger partial charge in [0, 0.05) is 12.2 Å². The second kappa shape index (κ2) is 11.7. The van der Waals surface area contributed by atoms with Crippen LogP contribution in [0.1, 0.15) is 45.0 Å². The Morgan fingerprint density at radius 3 is 2.36 bits per heavy atom. The molecule has 1 saturated heterocycles. The van der Waals surface area contributed by atoms with Gasteiger partial charge in [0.05, 0.1) is 40.6 Å². The summed E-state index contributed by atoms with van der Waals surface area (Å²) >= 11 is 0. The highest BCUT2D eigenvalue weighted by Crippen LogP contribution is 2.34. The van der Waals surface area contributed by atoms with Crippen molar-refractivity contribution in [3.8, 4) is 0 Å². The number of carbonyl (C=O) groups excluding carboxylic acids is 1. The Morgan fingerprint density at radius 2 is 1.77 bits per heavy atom. The number of likely N-dealkylation sites (tertiary alicyclic amines) is 1. The molecule has 0 aliphatic carbocycles. The Balaban J connectivity index is 1.46. The fourth-order valence-electron chi connectivity index (χ4n) is 4.94. The number of hydrogen-bond donors (Lipinski definition) is 1. The highest BCUT2D eigenvalue weighted by Gasteiger charge is 2.41. The first-order valence-electron chi connectivity index (χ1n) is 13.3. The number of imidazole rings is 1. The normalized spacial score (nSPS) is 15.8. The molecule has 0 radical (unpaired) electrons. The summed E-state index contributed by atoms with van der Waals surface area (Å²) in [5.74, 6) is -0.322. The van der Waals surface area contributed by atoms with Crippen LogP contribution >= 0.6 is 0 Å². The molecule has 0 saturated carbocycles. The second-order valence-corrected chi connectivity index (χ2v) is 12.9. The van der Waals surface area contributed by atoms with Crippen molar-refractivity contribution in [2.24, 2.45) is 11.8 Å². The van der Waals surface area contributed by atoms with Gasteiger partial charge in [0.15, 0.2) is 9.84 Å². The summed E-state index contributed by atoms with van der Waals surface area (Å²) in [5.41, 5.74) is 2.91. The maximum atomic E-state index is 13.1. The minimum Gasteiger partial charge on any atom is -0.327 e. The first-order valence-corrected chi connectivity index (χ1v) is 14.9. The molecule has 212 valence electrons. The number of alkyl halides is 3. The van der Waals surface area contributed by atoms with Gasteiger partial charge in [0.25, 0.3) is 0 Å². The fraction of sp³-hybridized carbons (Fsp3) is 0.500. The first kappa shape index (κ1) is 29.1. The van der Waals surface area contributed by atoms with Crippen molar-refractivity contribution in [3.63, 3.8) is 0 Å². The third-order valence-electron chi connectivity index (χ3n) is 7.10. The minimum absolute atomic E-state index is 0.0144. The minimum atomic E-state index is -4.14. The summed E-state index contributed by atoms with van der Waals surface area (Å²) in [6.07, 6.45) is -3.86. The van der Waals surface area contributed by atoms with Gasteiger partial charge >= 0.3 is 6.18 Å². The third kappa shape index (κ3) is 7.19. The molecule has 1 aliphatic heterocycles. The van der Waals surface area contributed by atoms with E-state index >= 15 is 0 Å². The number of halogens is 3. The van der Waals surface area contributed by atoms with Crippen LogP contribution in [0.4, 0.5) is 18.9 Å². The van der Waals surface area contributed by atoms with E-state index in [2.05, 4.69) is 23.7 Å². The number of fused-ring (bicyclic) bond motifs is 1. The number of sulfone groups is 1. The molecule has 4 rings (SSSR count). The number of nitrogens with zero attached hydrogens (tertiary/aromatic N) is 3. The molecule has 1 amide bonds. The molecule has 1 N–H and O–H groups in total. The molecule has 0 atom stereocenters. The zero-order valence-electron chi connectivity index (χ0n) is 22.5. The predicted molar refractivity (Wildman–Crippen MR) is 145 cm³/mol. The van der Waals surface area contributed by atoms with E-state index in [-0.39, 0.29) is 35.8 Å². The van der Waals surface area contributed by atoms with E-state index < -0.39 is 21.9 Å². The van der Waals surface area contributed by atoms with Gasteiger partial charge in [-0.15, -0.1) is 0 Å². The lowest BCUT2D eigenvalue weighted by Gasteiger charge is -2.32. The Hall–Kier alpha value is -2.92. The molecule has 0 unspecified atom stereocenters. The molecule has 2 aromatic carbocycles. The molecule has 0 spiro atoms. The summed E-state index contributed by atoms with van der Waals surface area (Å²) in [6.45, 7) is 7.73. The molecule has 3 aromatic rings. The number of amides is 1. The highest BCUT2D eigenvalue weighted by molar-refractivity contribution is 7.91. The number of nitrogens with one attached hydrogen (secondary N) is 1. The van der Waals surface area contributed by atoms with Crippen LogP contribution in [0.15, 0.2) is 47.4 Å². The molecular weight excluding hydrogens is 529 g/mol. The number of carbonyl (C=O) groups is 1. The topological polar surface area (TPSA) is 84.3 Å². The number of rotatable bonds is 9. The number of piperidine rings is 1. The molecule has 1 fully saturated rings. The quantitative estimate of drug-likeness (QED) is 0.374. The van der Waals surface area contributed by atoms with Gasteiger partial charge in [0.1, 0.15) is 5.82 Å². The standard InChI is InChI=1S/C28H35F3N4O3S/c1-4-39(37,38)23-8-5-20(6-9-23)15-27(36)32-22-7-10-25-24(16-22)33-26(35(25)17-19(2)3)18-34-13-11-21(12-14-34)28(29,30)31/h5-10,16,19,21H,4,11-15,17-18H2,1-3H3,(H,32,36). The fourth-order valence-corrected chi connectivity index (χ4v) is 5.82. The summed E-state index contributed by atoms with van der Waals surface area (Å²) in [6, 6.07) is 11.8. The van der Waals surface area contributed by atoms with Gasteiger partial charge in [-0.25, -0.2) is 13.4 Å². The summed E-state index contributed by atoms with van der Waals surface area (Å²) in [5, 5.41) is 2.89. The van der Waals surface area contributed by atoms with E-state index in [4.69, 9.17) is 4.98 Å². The van der Waals surface area contributed by atoms with E-state index in [9.17, 15) is 26.4 Å².